The molecule has 4 rings (SSSR count). The number of halogens is 2. The van der Waals surface area contributed by atoms with E-state index in [0.717, 1.165) is 35.0 Å². The largest absolute Gasteiger partial charge is 0.323 e. The molecule has 170 valence electrons. The third kappa shape index (κ3) is 4.98. The average molecular weight is 502 g/mol. The van der Waals surface area contributed by atoms with E-state index in [1.54, 1.807) is 36.4 Å². The molecule has 0 saturated carbocycles. The van der Waals surface area contributed by atoms with E-state index in [9.17, 15) is 14.0 Å². The van der Waals surface area contributed by atoms with Crippen LogP contribution in [0.15, 0.2) is 58.5 Å². The minimum absolute atomic E-state index is 0.0357. The number of thiophene rings is 1. The molecule has 0 spiro atoms. The third-order valence-corrected chi connectivity index (χ3v) is 7.51. The van der Waals surface area contributed by atoms with Crippen molar-refractivity contribution >= 4 is 56.5 Å². The van der Waals surface area contributed by atoms with Gasteiger partial charge in [-0.25, -0.2) is 9.37 Å². The maximum Gasteiger partial charge on any atom is 0.267 e. The molecule has 5 nitrogen and oxygen atoms in total. The number of carbonyl (C=O) groups excluding carboxylic acids is 1. The van der Waals surface area contributed by atoms with E-state index in [1.807, 2.05) is 6.92 Å². The van der Waals surface area contributed by atoms with Crippen molar-refractivity contribution in [3.8, 4) is 5.69 Å². The Hall–Kier alpha value is -2.68. The fourth-order valence-electron chi connectivity index (χ4n) is 3.47. The van der Waals surface area contributed by atoms with E-state index < -0.39 is 11.7 Å². The highest BCUT2D eigenvalue weighted by atomic mass is 35.5. The van der Waals surface area contributed by atoms with Crippen molar-refractivity contribution in [2.24, 2.45) is 0 Å². The molecule has 4 aromatic rings. The van der Waals surface area contributed by atoms with Crippen LogP contribution in [0.4, 0.5) is 10.1 Å². The molecule has 0 atom stereocenters. The maximum atomic E-state index is 13.9. The van der Waals surface area contributed by atoms with Gasteiger partial charge in [0, 0.05) is 9.90 Å². The molecule has 0 aliphatic heterocycles. The van der Waals surface area contributed by atoms with Crippen LogP contribution in [0.1, 0.15) is 23.8 Å². The Morgan fingerprint density at radius 1 is 1.21 bits per heavy atom. The quantitative estimate of drug-likeness (QED) is 0.241. The summed E-state index contributed by atoms with van der Waals surface area (Å²) in [4.78, 5) is 32.6. The number of aryl methyl sites for hydroxylation is 2. The highest BCUT2D eigenvalue weighted by Gasteiger charge is 2.20. The first-order chi connectivity index (χ1) is 15.9. The Morgan fingerprint density at radius 3 is 2.64 bits per heavy atom. The van der Waals surface area contributed by atoms with Crippen LogP contribution in [0.25, 0.3) is 15.9 Å². The Balaban J connectivity index is 1.73. The predicted molar refractivity (Wildman–Crippen MR) is 135 cm³/mol. The monoisotopic (exact) mass is 501 g/mol. The smallest absolute Gasteiger partial charge is 0.267 e. The fourth-order valence-corrected chi connectivity index (χ4v) is 5.73. The third-order valence-electron chi connectivity index (χ3n) is 5.07. The van der Waals surface area contributed by atoms with Gasteiger partial charge in [0.25, 0.3) is 5.56 Å². The summed E-state index contributed by atoms with van der Waals surface area (Å²) >= 11 is 8.68. The number of thioether (sulfide) groups is 1. The normalized spacial score (nSPS) is 11.2. The minimum Gasteiger partial charge on any atom is -0.323 e. The number of rotatable bonds is 7. The number of carbonyl (C=O) groups is 1. The standard InChI is InChI=1S/C24H21ClFN3O2S2/c1-3-6-19-14(2)21-22(33-19)28-24(29(23(21)31)16-11-9-15(25)10-12-16)32-13-20(30)27-18-8-5-4-7-17(18)26/h4-5,7-12H,3,6,13H2,1-2H3,(H,27,30). The van der Waals surface area contributed by atoms with Gasteiger partial charge in [0.05, 0.1) is 22.5 Å². The highest BCUT2D eigenvalue weighted by molar-refractivity contribution is 7.99. The van der Waals surface area contributed by atoms with Gasteiger partial charge in [0.2, 0.25) is 5.91 Å². The number of benzene rings is 2. The van der Waals surface area contributed by atoms with Gasteiger partial charge in [0.1, 0.15) is 10.6 Å². The van der Waals surface area contributed by atoms with Crippen LogP contribution in [-0.4, -0.2) is 21.2 Å². The van der Waals surface area contributed by atoms with Crippen LogP contribution in [-0.2, 0) is 11.2 Å². The SMILES string of the molecule is CCCc1sc2nc(SCC(=O)Nc3ccccc3F)n(-c3ccc(Cl)cc3)c(=O)c2c1C. The van der Waals surface area contributed by atoms with Crippen LogP contribution in [0, 0.1) is 12.7 Å². The summed E-state index contributed by atoms with van der Waals surface area (Å²) < 4.78 is 15.4. The fraction of sp³-hybridized carbons (Fsp3) is 0.208. The molecule has 2 heterocycles. The Kier molecular flexibility index (Phi) is 7.17. The molecule has 1 N–H and O–H groups in total. The number of anilines is 1. The Morgan fingerprint density at radius 2 is 1.94 bits per heavy atom. The van der Waals surface area contributed by atoms with Crippen LogP contribution in [0.3, 0.4) is 0 Å². The molecule has 1 amide bonds. The van der Waals surface area contributed by atoms with Crippen molar-refractivity contribution < 1.29 is 9.18 Å². The molecule has 2 aromatic carbocycles. The van der Waals surface area contributed by atoms with E-state index in [4.69, 9.17) is 16.6 Å². The zero-order valence-corrected chi connectivity index (χ0v) is 20.4. The van der Waals surface area contributed by atoms with Crippen LogP contribution in [0.5, 0.6) is 0 Å². The average Bonchev–Trinajstić information content (AvgIpc) is 3.10. The molecule has 0 saturated heterocycles. The summed E-state index contributed by atoms with van der Waals surface area (Å²) in [5.41, 5.74) is 1.49. The molecular formula is C24H21ClFN3O2S2. The summed E-state index contributed by atoms with van der Waals surface area (Å²) in [7, 11) is 0. The van der Waals surface area contributed by atoms with Gasteiger partial charge in [-0.1, -0.05) is 48.8 Å². The van der Waals surface area contributed by atoms with Gasteiger partial charge in [-0.15, -0.1) is 11.3 Å². The van der Waals surface area contributed by atoms with Gasteiger partial charge in [-0.3, -0.25) is 14.2 Å². The lowest BCUT2D eigenvalue weighted by Crippen LogP contribution is -2.23. The molecule has 9 heteroatoms. The summed E-state index contributed by atoms with van der Waals surface area (Å²) in [6, 6.07) is 12.9. The van der Waals surface area contributed by atoms with E-state index in [-0.39, 0.29) is 17.0 Å². The molecule has 0 radical (unpaired) electrons. The van der Waals surface area contributed by atoms with E-state index in [2.05, 4.69) is 12.2 Å². The number of hydrogen-bond donors (Lipinski definition) is 1. The number of para-hydroxylation sites is 1. The topological polar surface area (TPSA) is 64.0 Å². The number of fused-ring (bicyclic) bond motifs is 1. The van der Waals surface area contributed by atoms with Crippen molar-refractivity contribution in [3.63, 3.8) is 0 Å². The Labute approximate surface area is 203 Å². The molecule has 0 aliphatic carbocycles. The van der Waals surface area contributed by atoms with Crippen molar-refractivity contribution in [1.82, 2.24) is 9.55 Å². The molecule has 0 unspecified atom stereocenters. The van der Waals surface area contributed by atoms with Gasteiger partial charge in [-0.05, 0) is 55.3 Å². The molecule has 33 heavy (non-hydrogen) atoms. The molecular weight excluding hydrogens is 481 g/mol. The van der Waals surface area contributed by atoms with Crippen LogP contribution < -0.4 is 10.9 Å². The first kappa shape index (κ1) is 23.5. The second-order valence-electron chi connectivity index (χ2n) is 7.41. The van der Waals surface area contributed by atoms with Crippen molar-refractivity contribution in [2.45, 2.75) is 31.8 Å². The number of aromatic nitrogens is 2. The van der Waals surface area contributed by atoms with Crippen LogP contribution >= 0.6 is 34.7 Å². The van der Waals surface area contributed by atoms with Crippen molar-refractivity contribution in [1.29, 1.82) is 0 Å². The van der Waals surface area contributed by atoms with Crippen molar-refractivity contribution in [2.75, 3.05) is 11.1 Å². The number of nitrogens with one attached hydrogen (secondary N) is 1. The van der Waals surface area contributed by atoms with Crippen LogP contribution in [0.2, 0.25) is 5.02 Å². The summed E-state index contributed by atoms with van der Waals surface area (Å²) in [5.74, 6) is -0.936. The van der Waals surface area contributed by atoms with Gasteiger partial charge in [0.15, 0.2) is 5.16 Å². The first-order valence-corrected chi connectivity index (χ1v) is 12.5. The van der Waals surface area contributed by atoms with Gasteiger partial charge < -0.3 is 5.32 Å². The van der Waals surface area contributed by atoms with Gasteiger partial charge >= 0.3 is 0 Å². The lowest BCUT2D eigenvalue weighted by atomic mass is 10.1. The lowest BCUT2D eigenvalue weighted by molar-refractivity contribution is -0.113. The minimum atomic E-state index is -0.508. The molecule has 0 aliphatic rings. The summed E-state index contributed by atoms with van der Waals surface area (Å²) in [6.07, 6.45) is 1.84. The molecule has 0 fully saturated rings. The molecule has 0 bridgehead atoms. The van der Waals surface area contributed by atoms with Crippen molar-refractivity contribution in [3.05, 3.63) is 80.2 Å². The number of nitrogens with zero attached hydrogens (tertiary/aromatic N) is 2. The second kappa shape index (κ2) is 10.1. The van der Waals surface area contributed by atoms with E-state index in [0.29, 0.717) is 26.1 Å². The van der Waals surface area contributed by atoms with E-state index >= 15 is 0 Å². The molecule has 2 aromatic heterocycles. The zero-order valence-electron chi connectivity index (χ0n) is 18.0. The lowest BCUT2D eigenvalue weighted by Gasteiger charge is -2.12. The van der Waals surface area contributed by atoms with E-state index in [1.165, 1.54) is 28.0 Å². The highest BCUT2D eigenvalue weighted by Crippen LogP contribution is 2.31. The summed E-state index contributed by atoms with van der Waals surface area (Å²) in [6.45, 7) is 4.05. The predicted octanol–water partition coefficient (Wildman–Crippen LogP) is 6.23. The summed E-state index contributed by atoms with van der Waals surface area (Å²) in [5, 5.41) is 4.10. The Bertz CT molecular complexity index is 1380. The maximum absolute atomic E-state index is 13.9. The number of amides is 1. The zero-order chi connectivity index (χ0) is 23.5. The first-order valence-electron chi connectivity index (χ1n) is 10.4. The van der Waals surface area contributed by atoms with Gasteiger partial charge in [-0.2, -0.15) is 0 Å². The second-order valence-corrected chi connectivity index (χ2v) is 9.87. The number of hydrogen-bond acceptors (Lipinski definition) is 5.